The molecular formula is C24H27N3O7. The number of phenolic OH excluding ortho intramolecular Hbond substituents is 1. The van der Waals surface area contributed by atoms with Crippen molar-refractivity contribution in [3.05, 3.63) is 40.2 Å². The Balaban J connectivity index is 1.58. The van der Waals surface area contributed by atoms with E-state index in [-0.39, 0.29) is 35.8 Å². The summed E-state index contributed by atoms with van der Waals surface area (Å²) in [6.45, 7) is 1.70. The molecule has 180 valence electrons. The zero-order valence-electron chi connectivity index (χ0n) is 18.4. The van der Waals surface area contributed by atoms with Crippen molar-refractivity contribution in [1.82, 2.24) is 5.32 Å². The number of aliphatic hydroxyl groups is 3. The highest BCUT2D eigenvalue weighted by atomic mass is 16.3. The molecule has 0 bridgehead atoms. The molecule has 4 aliphatic rings. The molecule has 1 amide bonds. The van der Waals surface area contributed by atoms with Gasteiger partial charge >= 0.3 is 0 Å². The average Bonchev–Trinajstić information content (AvgIpc) is 2.78. The number of aromatic hydroxyl groups is 1. The molecule has 8 N–H and O–H groups in total. The number of aliphatic hydroxyl groups excluding tert-OH is 2. The maximum atomic E-state index is 13.5. The zero-order chi connectivity index (χ0) is 24.4. The molecular weight excluding hydrogens is 442 g/mol. The number of hydrogen-bond acceptors (Lipinski definition) is 9. The molecule has 0 unspecified atom stereocenters. The van der Waals surface area contributed by atoms with Crippen LogP contribution in [0.4, 0.5) is 5.69 Å². The largest absolute Gasteiger partial charge is 0.508 e. The lowest BCUT2D eigenvalue weighted by Crippen LogP contribution is -2.58. The Hall–Kier alpha value is -3.37. The highest BCUT2D eigenvalue weighted by Gasteiger charge is 2.60. The molecule has 34 heavy (non-hydrogen) atoms. The van der Waals surface area contributed by atoms with Gasteiger partial charge < -0.3 is 36.8 Å². The summed E-state index contributed by atoms with van der Waals surface area (Å²) in [4.78, 5) is 37.6. The summed E-state index contributed by atoms with van der Waals surface area (Å²) in [6.07, 6.45) is 1.83. The quantitative estimate of drug-likeness (QED) is 0.246. The Morgan fingerprint density at radius 3 is 2.50 bits per heavy atom. The number of Topliss-reactive ketones (excluding diaryl/α,β-unsaturated/α-hetero) is 2. The van der Waals surface area contributed by atoms with Crippen LogP contribution in [0.1, 0.15) is 36.8 Å². The Labute approximate surface area is 195 Å². The first kappa shape index (κ1) is 22.4. The van der Waals surface area contributed by atoms with Crippen molar-refractivity contribution in [2.24, 2.45) is 17.6 Å². The minimum absolute atomic E-state index is 0.103. The number of benzene rings is 1. The number of carbonyl (C=O) groups is 3. The molecule has 10 heteroatoms. The van der Waals surface area contributed by atoms with Crippen LogP contribution in [0.25, 0.3) is 5.76 Å². The number of piperidine rings is 1. The van der Waals surface area contributed by atoms with E-state index in [1.807, 2.05) is 0 Å². The number of carbonyl (C=O) groups excluding carboxylic acids is 3. The third-order valence-electron chi connectivity index (χ3n) is 7.63. The lowest BCUT2D eigenvalue weighted by molar-refractivity contribution is -0.147. The first-order chi connectivity index (χ1) is 16.1. The predicted molar refractivity (Wildman–Crippen MR) is 121 cm³/mol. The number of primary amides is 1. The van der Waals surface area contributed by atoms with Gasteiger partial charge in [-0.3, -0.25) is 14.4 Å². The van der Waals surface area contributed by atoms with Crippen LogP contribution in [0.3, 0.4) is 0 Å². The molecule has 1 aromatic rings. The van der Waals surface area contributed by atoms with E-state index in [2.05, 4.69) is 10.6 Å². The third kappa shape index (κ3) is 3.13. The minimum atomic E-state index is -2.55. The maximum absolute atomic E-state index is 13.5. The van der Waals surface area contributed by atoms with Gasteiger partial charge in [-0.05, 0) is 56.3 Å². The molecule has 0 aromatic heterocycles. The molecule has 2 fully saturated rings. The summed E-state index contributed by atoms with van der Waals surface area (Å²) >= 11 is 0. The lowest BCUT2D eigenvalue weighted by Gasteiger charge is -2.46. The van der Waals surface area contributed by atoms with E-state index in [0.717, 1.165) is 25.9 Å². The van der Waals surface area contributed by atoms with E-state index in [4.69, 9.17) is 5.73 Å². The summed E-state index contributed by atoms with van der Waals surface area (Å²) < 4.78 is 0. The molecule has 0 spiro atoms. The van der Waals surface area contributed by atoms with Crippen molar-refractivity contribution in [2.75, 3.05) is 18.4 Å². The van der Waals surface area contributed by atoms with Crippen molar-refractivity contribution in [3.63, 3.8) is 0 Å². The number of ketones is 2. The fourth-order valence-electron chi connectivity index (χ4n) is 5.90. The van der Waals surface area contributed by atoms with Gasteiger partial charge in [0.2, 0.25) is 5.78 Å². The van der Waals surface area contributed by atoms with E-state index in [9.17, 15) is 34.8 Å². The van der Waals surface area contributed by atoms with Crippen LogP contribution in [0, 0.1) is 11.8 Å². The van der Waals surface area contributed by atoms with Crippen LogP contribution in [0.15, 0.2) is 29.0 Å². The van der Waals surface area contributed by atoms with Gasteiger partial charge in [0.25, 0.3) is 5.91 Å². The third-order valence-corrected chi connectivity index (χ3v) is 7.63. The van der Waals surface area contributed by atoms with Crippen LogP contribution >= 0.6 is 0 Å². The van der Waals surface area contributed by atoms with Gasteiger partial charge in [0.15, 0.2) is 11.4 Å². The molecule has 10 nitrogen and oxygen atoms in total. The number of anilines is 1. The summed E-state index contributed by atoms with van der Waals surface area (Å²) in [5.74, 6) is -6.18. The van der Waals surface area contributed by atoms with Crippen LogP contribution in [-0.4, -0.2) is 62.6 Å². The molecule has 1 aromatic carbocycles. The molecule has 1 saturated heterocycles. The topological polar surface area (TPSA) is 182 Å². The first-order valence-electron chi connectivity index (χ1n) is 11.4. The molecule has 0 radical (unpaired) electrons. The monoisotopic (exact) mass is 469 g/mol. The van der Waals surface area contributed by atoms with Crippen LogP contribution in [0.2, 0.25) is 0 Å². The number of nitrogens with one attached hydrogen (secondary N) is 2. The van der Waals surface area contributed by atoms with Crippen molar-refractivity contribution in [2.45, 2.75) is 43.7 Å². The van der Waals surface area contributed by atoms with E-state index in [1.54, 1.807) is 12.1 Å². The fourth-order valence-corrected chi connectivity index (χ4v) is 5.90. The van der Waals surface area contributed by atoms with E-state index in [0.29, 0.717) is 17.7 Å². The molecule has 1 aliphatic heterocycles. The average molecular weight is 469 g/mol. The number of rotatable bonds is 3. The summed E-state index contributed by atoms with van der Waals surface area (Å²) in [7, 11) is 0. The van der Waals surface area contributed by atoms with Crippen LogP contribution in [-0.2, 0) is 20.8 Å². The Kier molecular flexibility index (Phi) is 5.18. The van der Waals surface area contributed by atoms with Gasteiger partial charge in [-0.1, -0.05) is 6.07 Å². The zero-order valence-corrected chi connectivity index (χ0v) is 18.4. The summed E-state index contributed by atoms with van der Waals surface area (Å²) in [6, 6.07) is 3.67. The SMILES string of the molecule is NC(=O)C1=C(O)[C@@]2(O)C(=O)C3=C(O)c4c(ccc(NC5CCNCC5)c4O)C[C@H]3C[C@H]2CC1=O. The normalized spacial score (nSPS) is 29.4. The van der Waals surface area contributed by atoms with Gasteiger partial charge in [-0.25, -0.2) is 0 Å². The second kappa shape index (κ2) is 7.85. The van der Waals surface area contributed by atoms with Crippen molar-refractivity contribution >= 4 is 28.9 Å². The second-order valence-electron chi connectivity index (χ2n) is 9.57. The summed E-state index contributed by atoms with van der Waals surface area (Å²) in [5.41, 5.74) is 2.90. The predicted octanol–water partition coefficient (Wildman–Crippen LogP) is 0.588. The van der Waals surface area contributed by atoms with Crippen LogP contribution in [0.5, 0.6) is 5.75 Å². The fraction of sp³-hybridized carbons (Fsp3) is 0.458. The highest BCUT2D eigenvalue weighted by Crippen LogP contribution is 2.52. The van der Waals surface area contributed by atoms with Gasteiger partial charge in [-0.2, -0.15) is 0 Å². The smallest absolute Gasteiger partial charge is 0.255 e. The lowest BCUT2D eigenvalue weighted by atomic mass is 9.59. The van der Waals surface area contributed by atoms with E-state index in [1.165, 1.54) is 0 Å². The Morgan fingerprint density at radius 2 is 1.82 bits per heavy atom. The first-order valence-corrected chi connectivity index (χ1v) is 11.4. The van der Waals surface area contributed by atoms with Gasteiger partial charge in [0.1, 0.15) is 22.8 Å². The molecule has 1 heterocycles. The molecule has 3 atom stereocenters. The van der Waals surface area contributed by atoms with Crippen molar-refractivity contribution < 1.29 is 34.8 Å². The molecule has 1 saturated carbocycles. The minimum Gasteiger partial charge on any atom is -0.508 e. The number of hydrogen-bond donors (Lipinski definition) is 7. The van der Waals surface area contributed by atoms with E-state index < -0.39 is 52.0 Å². The molecule has 3 aliphatic carbocycles. The number of nitrogens with two attached hydrogens (primary N) is 1. The number of phenols is 1. The van der Waals surface area contributed by atoms with Gasteiger partial charge in [0, 0.05) is 24.0 Å². The molecule has 5 rings (SSSR count). The summed E-state index contributed by atoms with van der Waals surface area (Å²) in [5, 5.41) is 50.6. The van der Waals surface area contributed by atoms with Crippen molar-refractivity contribution in [3.8, 4) is 5.75 Å². The standard InChI is InChI=1S/C24H27N3O7/c25-23(33)18-15(28)9-12-8-11-7-10-1-2-14(27-13-3-5-26-6-4-13)19(29)16(10)20(30)17(11)21(31)24(12,34)22(18)32/h1-2,11-13,26-27,29-30,32,34H,3-9H2,(H2,25,33)/t11-,12-,24-/m0/s1. The van der Waals surface area contributed by atoms with E-state index >= 15 is 0 Å². The maximum Gasteiger partial charge on any atom is 0.255 e. The van der Waals surface area contributed by atoms with Crippen LogP contribution < -0.4 is 16.4 Å². The highest BCUT2D eigenvalue weighted by molar-refractivity contribution is 6.22. The Bertz CT molecular complexity index is 1180. The van der Waals surface area contributed by atoms with Gasteiger partial charge in [-0.15, -0.1) is 0 Å². The number of amides is 1. The Morgan fingerprint density at radius 1 is 1.12 bits per heavy atom. The van der Waals surface area contributed by atoms with Gasteiger partial charge in [0.05, 0.1) is 11.3 Å². The van der Waals surface area contributed by atoms with Crippen molar-refractivity contribution in [1.29, 1.82) is 0 Å². The number of fused-ring (bicyclic) bond motifs is 3. The second-order valence-corrected chi connectivity index (χ2v) is 9.57.